The maximum atomic E-state index is 8.74. The number of nitrogens with one attached hydrogen (secondary N) is 1. The van der Waals surface area contributed by atoms with Crippen LogP contribution >= 0.6 is 0 Å². The van der Waals surface area contributed by atoms with Gasteiger partial charge in [0.05, 0.1) is 11.5 Å². The zero-order chi connectivity index (χ0) is 15.8. The molecule has 3 heterocycles. The molecule has 6 nitrogen and oxygen atoms in total. The van der Waals surface area contributed by atoms with Gasteiger partial charge in [-0.2, -0.15) is 5.26 Å². The third-order valence-corrected chi connectivity index (χ3v) is 5.56. The SMILES string of the molecule is CN(c1ncnc2[nH]ccc12)C1C[C@@H]2CN(CCC#N)C[C@@H]2C1. The highest BCUT2D eigenvalue weighted by molar-refractivity contribution is 5.87. The average Bonchev–Trinajstić information content (AvgIpc) is 3.25. The summed E-state index contributed by atoms with van der Waals surface area (Å²) in [5, 5.41) is 9.84. The predicted molar refractivity (Wildman–Crippen MR) is 89.0 cm³/mol. The first-order chi connectivity index (χ1) is 11.3. The molecule has 6 heteroatoms. The highest BCUT2D eigenvalue weighted by Crippen LogP contribution is 2.41. The molecule has 1 saturated carbocycles. The van der Waals surface area contributed by atoms with Crippen LogP contribution in [0.1, 0.15) is 19.3 Å². The summed E-state index contributed by atoms with van der Waals surface area (Å²) >= 11 is 0. The molecule has 0 radical (unpaired) electrons. The molecule has 1 aliphatic heterocycles. The lowest BCUT2D eigenvalue weighted by atomic mass is 10.0. The van der Waals surface area contributed by atoms with Crippen molar-refractivity contribution >= 4 is 16.9 Å². The van der Waals surface area contributed by atoms with Crippen LogP contribution in [0.3, 0.4) is 0 Å². The number of nitrogens with zero attached hydrogens (tertiary/aromatic N) is 5. The number of likely N-dealkylation sites (tertiary alicyclic amines) is 1. The van der Waals surface area contributed by atoms with Gasteiger partial charge in [0, 0.05) is 45.3 Å². The Labute approximate surface area is 136 Å². The van der Waals surface area contributed by atoms with E-state index in [0.717, 1.165) is 48.3 Å². The lowest BCUT2D eigenvalue weighted by Crippen LogP contribution is -2.33. The molecule has 0 bridgehead atoms. The largest absolute Gasteiger partial charge is 0.356 e. The van der Waals surface area contributed by atoms with Crippen molar-refractivity contribution in [1.82, 2.24) is 19.9 Å². The van der Waals surface area contributed by atoms with Crippen LogP contribution in [-0.2, 0) is 0 Å². The van der Waals surface area contributed by atoms with Gasteiger partial charge in [-0.15, -0.1) is 0 Å². The molecule has 2 aliphatic rings. The van der Waals surface area contributed by atoms with Gasteiger partial charge in [0.1, 0.15) is 17.8 Å². The Kier molecular flexibility index (Phi) is 3.66. The van der Waals surface area contributed by atoms with E-state index in [4.69, 9.17) is 5.26 Å². The lowest BCUT2D eigenvalue weighted by molar-refractivity contribution is 0.313. The van der Waals surface area contributed by atoms with Crippen LogP contribution in [0.5, 0.6) is 0 Å². The summed E-state index contributed by atoms with van der Waals surface area (Å²) in [6.07, 6.45) is 6.66. The number of hydrogen-bond acceptors (Lipinski definition) is 5. The zero-order valence-corrected chi connectivity index (χ0v) is 13.4. The fraction of sp³-hybridized carbons (Fsp3) is 0.588. The Balaban J connectivity index is 1.45. The minimum absolute atomic E-state index is 0.552. The molecule has 0 amide bonds. The fourth-order valence-corrected chi connectivity index (χ4v) is 4.38. The van der Waals surface area contributed by atoms with Crippen LogP contribution in [0.4, 0.5) is 5.82 Å². The van der Waals surface area contributed by atoms with Gasteiger partial charge in [0.2, 0.25) is 0 Å². The number of nitriles is 1. The first kappa shape index (κ1) is 14.5. The molecule has 2 fully saturated rings. The molecule has 2 aromatic rings. The number of anilines is 1. The fourth-order valence-electron chi connectivity index (χ4n) is 4.38. The lowest BCUT2D eigenvalue weighted by Gasteiger charge is -2.27. The smallest absolute Gasteiger partial charge is 0.142 e. The van der Waals surface area contributed by atoms with Gasteiger partial charge in [0.25, 0.3) is 0 Å². The Morgan fingerprint density at radius 3 is 2.87 bits per heavy atom. The summed E-state index contributed by atoms with van der Waals surface area (Å²) in [6.45, 7) is 3.24. The van der Waals surface area contributed by atoms with E-state index in [-0.39, 0.29) is 0 Å². The van der Waals surface area contributed by atoms with Crippen molar-refractivity contribution in [3.63, 3.8) is 0 Å². The highest BCUT2D eigenvalue weighted by Gasteiger charge is 2.42. The normalized spacial score (nSPS) is 27.2. The van der Waals surface area contributed by atoms with Crippen molar-refractivity contribution in [2.45, 2.75) is 25.3 Å². The second-order valence-corrected chi connectivity index (χ2v) is 6.86. The Hall–Kier alpha value is -2.13. The van der Waals surface area contributed by atoms with Gasteiger partial charge in [-0.25, -0.2) is 9.97 Å². The number of H-pyrrole nitrogens is 1. The van der Waals surface area contributed by atoms with E-state index in [2.05, 4.69) is 43.9 Å². The van der Waals surface area contributed by atoms with Crippen LogP contribution < -0.4 is 4.90 Å². The second-order valence-electron chi connectivity index (χ2n) is 6.86. The molecule has 23 heavy (non-hydrogen) atoms. The number of hydrogen-bond donors (Lipinski definition) is 1. The molecular formula is C17H22N6. The summed E-state index contributed by atoms with van der Waals surface area (Å²) < 4.78 is 0. The van der Waals surface area contributed by atoms with Crippen LogP contribution in [-0.4, -0.2) is 52.6 Å². The van der Waals surface area contributed by atoms with Crippen molar-refractivity contribution in [2.24, 2.45) is 11.8 Å². The third kappa shape index (κ3) is 2.55. The Morgan fingerprint density at radius 2 is 2.13 bits per heavy atom. The van der Waals surface area contributed by atoms with Crippen molar-refractivity contribution < 1.29 is 0 Å². The third-order valence-electron chi connectivity index (χ3n) is 5.56. The summed E-state index contributed by atoms with van der Waals surface area (Å²) in [7, 11) is 2.16. The molecular weight excluding hydrogens is 288 g/mol. The van der Waals surface area contributed by atoms with Crippen LogP contribution in [0.25, 0.3) is 11.0 Å². The quantitative estimate of drug-likeness (QED) is 0.935. The highest BCUT2D eigenvalue weighted by atomic mass is 15.2. The first-order valence-electron chi connectivity index (χ1n) is 8.36. The molecule has 1 unspecified atom stereocenters. The van der Waals surface area contributed by atoms with Crippen LogP contribution in [0.15, 0.2) is 18.6 Å². The minimum atomic E-state index is 0.552. The molecule has 4 rings (SSSR count). The second kappa shape index (κ2) is 5.82. The number of fused-ring (bicyclic) bond motifs is 2. The molecule has 1 aliphatic carbocycles. The molecule has 1 saturated heterocycles. The van der Waals surface area contributed by atoms with Gasteiger partial charge >= 0.3 is 0 Å². The van der Waals surface area contributed by atoms with Gasteiger partial charge in [0.15, 0.2) is 0 Å². The molecule has 3 atom stereocenters. The number of aromatic nitrogens is 3. The Morgan fingerprint density at radius 1 is 1.35 bits per heavy atom. The summed E-state index contributed by atoms with van der Waals surface area (Å²) in [6, 6.07) is 4.86. The van der Waals surface area contributed by atoms with Gasteiger partial charge < -0.3 is 14.8 Å². The standard InChI is InChI=1S/C17H22N6/c1-22(17-15-3-5-19-16(15)20-11-21-17)14-7-12-9-23(6-2-4-18)10-13(12)8-14/h3,5,11-14H,2,6-10H2,1H3,(H,19,20,21)/t12-,13+,14?. The van der Waals surface area contributed by atoms with E-state index in [0.29, 0.717) is 12.5 Å². The molecule has 1 N–H and O–H groups in total. The summed E-state index contributed by atoms with van der Waals surface area (Å²) in [5.74, 6) is 2.57. The van der Waals surface area contributed by atoms with E-state index in [1.54, 1.807) is 6.33 Å². The topological polar surface area (TPSA) is 71.8 Å². The number of rotatable bonds is 4. The maximum Gasteiger partial charge on any atom is 0.142 e. The first-order valence-corrected chi connectivity index (χ1v) is 8.36. The zero-order valence-electron chi connectivity index (χ0n) is 13.4. The van der Waals surface area contributed by atoms with E-state index < -0.39 is 0 Å². The summed E-state index contributed by atoms with van der Waals surface area (Å²) in [4.78, 5) is 16.8. The van der Waals surface area contributed by atoms with Crippen molar-refractivity contribution in [2.75, 3.05) is 31.6 Å². The molecule has 120 valence electrons. The maximum absolute atomic E-state index is 8.74. The average molecular weight is 310 g/mol. The number of aromatic amines is 1. The van der Waals surface area contributed by atoms with Crippen molar-refractivity contribution in [1.29, 1.82) is 5.26 Å². The molecule has 0 spiro atoms. The molecule has 2 aromatic heterocycles. The van der Waals surface area contributed by atoms with E-state index in [9.17, 15) is 0 Å². The van der Waals surface area contributed by atoms with Gasteiger partial charge in [-0.1, -0.05) is 0 Å². The van der Waals surface area contributed by atoms with Crippen LogP contribution in [0, 0.1) is 23.2 Å². The molecule has 0 aromatic carbocycles. The monoisotopic (exact) mass is 310 g/mol. The predicted octanol–water partition coefficient (Wildman–Crippen LogP) is 2.02. The van der Waals surface area contributed by atoms with Crippen molar-refractivity contribution in [3.05, 3.63) is 18.6 Å². The van der Waals surface area contributed by atoms with Gasteiger partial charge in [-0.05, 0) is 30.7 Å². The minimum Gasteiger partial charge on any atom is -0.356 e. The van der Waals surface area contributed by atoms with E-state index >= 15 is 0 Å². The van der Waals surface area contributed by atoms with E-state index in [1.165, 1.54) is 12.8 Å². The van der Waals surface area contributed by atoms with Gasteiger partial charge in [-0.3, -0.25) is 0 Å². The van der Waals surface area contributed by atoms with E-state index in [1.807, 2.05) is 6.20 Å². The Bertz CT molecular complexity index is 718. The van der Waals surface area contributed by atoms with Crippen LogP contribution in [0.2, 0.25) is 0 Å². The van der Waals surface area contributed by atoms with Crippen molar-refractivity contribution in [3.8, 4) is 6.07 Å². The summed E-state index contributed by atoms with van der Waals surface area (Å²) in [5.41, 5.74) is 0.905.